The Balaban J connectivity index is 0.00000121. The molecule has 0 atom stereocenters. The minimum atomic E-state index is -4.03. The van der Waals surface area contributed by atoms with Gasteiger partial charge in [-0.3, -0.25) is 4.55 Å². The molecule has 0 bridgehead atoms. The van der Waals surface area contributed by atoms with Gasteiger partial charge >= 0.3 is 26.2 Å². The van der Waals surface area contributed by atoms with Gasteiger partial charge < -0.3 is 0 Å². The summed E-state index contributed by atoms with van der Waals surface area (Å²) in [6.07, 6.45) is 0. The molecule has 0 fully saturated rings. The molecule has 12 heavy (non-hydrogen) atoms. The van der Waals surface area contributed by atoms with Crippen LogP contribution < -0.4 is 0 Å². The second-order valence-corrected chi connectivity index (χ2v) is 3.63. The second-order valence-electron chi connectivity index (χ2n) is 2.24. The Hall–Kier alpha value is 0.0131. The van der Waals surface area contributed by atoms with Crippen LogP contribution in [0.5, 0.6) is 0 Å². The normalized spacial score (nSPS) is 10.5. The number of hydrogen-bond acceptors (Lipinski definition) is 2. The van der Waals surface area contributed by atoms with Crippen LogP contribution in [-0.4, -0.2) is 39.2 Å². The fourth-order valence-corrected chi connectivity index (χ4v) is 1.57. The molecule has 1 N–H and O–H groups in total. The quantitative estimate of drug-likeness (QED) is 0.551. The zero-order chi connectivity index (χ0) is 8.48. The Kier molecular flexibility index (Phi) is 4.31. The number of benzene rings is 1. The Labute approximate surface area is 90.7 Å². The van der Waals surface area contributed by atoms with Gasteiger partial charge in [0.15, 0.2) is 0 Å². The van der Waals surface area contributed by atoms with E-state index in [0.29, 0.717) is 5.56 Å². The SMILES string of the molecule is Cc1ccccc1S(=O)(=O)O.[BiH3]. The van der Waals surface area contributed by atoms with Crippen molar-refractivity contribution in [1.29, 1.82) is 0 Å². The summed E-state index contributed by atoms with van der Waals surface area (Å²) in [5.41, 5.74) is 0.551. The van der Waals surface area contributed by atoms with Crippen LogP contribution in [0.25, 0.3) is 0 Å². The summed E-state index contributed by atoms with van der Waals surface area (Å²) < 4.78 is 29.9. The number of hydrogen-bond donors (Lipinski definition) is 1. The molecular weight excluding hydrogens is 373 g/mol. The first-order valence-corrected chi connectivity index (χ1v) is 4.49. The van der Waals surface area contributed by atoms with E-state index in [1.54, 1.807) is 25.1 Å². The van der Waals surface area contributed by atoms with Crippen LogP contribution in [-0.2, 0) is 10.1 Å². The summed E-state index contributed by atoms with van der Waals surface area (Å²) in [4.78, 5) is -0.0278. The maximum atomic E-state index is 10.6. The first kappa shape index (κ1) is 12.0. The van der Waals surface area contributed by atoms with Gasteiger partial charge in [-0.1, -0.05) is 18.2 Å². The molecule has 0 aliphatic heterocycles. The van der Waals surface area contributed by atoms with Crippen molar-refractivity contribution in [2.75, 3.05) is 0 Å². The van der Waals surface area contributed by atoms with E-state index in [1.165, 1.54) is 6.07 Å². The van der Waals surface area contributed by atoms with Crippen LogP contribution in [0.4, 0.5) is 0 Å². The molecule has 0 saturated carbocycles. The van der Waals surface area contributed by atoms with Crippen molar-refractivity contribution >= 4 is 36.3 Å². The van der Waals surface area contributed by atoms with Gasteiger partial charge in [-0.05, 0) is 18.6 Å². The number of rotatable bonds is 1. The topological polar surface area (TPSA) is 54.4 Å². The van der Waals surface area contributed by atoms with Crippen molar-refractivity contribution in [3.8, 4) is 0 Å². The van der Waals surface area contributed by atoms with Crippen LogP contribution in [0, 0.1) is 6.92 Å². The van der Waals surface area contributed by atoms with Gasteiger partial charge in [-0.25, -0.2) is 0 Å². The Morgan fingerprint density at radius 1 is 1.25 bits per heavy atom. The van der Waals surface area contributed by atoms with Gasteiger partial charge in [0.25, 0.3) is 10.1 Å². The van der Waals surface area contributed by atoms with Crippen LogP contribution in [0.1, 0.15) is 5.56 Å². The van der Waals surface area contributed by atoms with E-state index in [0.717, 1.165) is 0 Å². The molecule has 0 heterocycles. The van der Waals surface area contributed by atoms with E-state index < -0.39 is 10.1 Å². The van der Waals surface area contributed by atoms with Gasteiger partial charge in [-0.15, -0.1) is 0 Å². The third-order valence-corrected chi connectivity index (χ3v) is 2.39. The van der Waals surface area contributed by atoms with Crippen LogP contribution >= 0.6 is 0 Å². The summed E-state index contributed by atoms with van der Waals surface area (Å²) in [6.45, 7) is 1.63. The molecule has 1 aromatic carbocycles. The van der Waals surface area contributed by atoms with Crippen LogP contribution in [0.2, 0.25) is 0 Å². The van der Waals surface area contributed by atoms with Crippen LogP contribution in [0.3, 0.4) is 0 Å². The summed E-state index contributed by atoms with van der Waals surface area (Å²) in [7, 11) is -4.03. The monoisotopic (exact) mass is 384 g/mol. The van der Waals surface area contributed by atoms with Crippen molar-refractivity contribution in [2.24, 2.45) is 0 Å². The second kappa shape index (κ2) is 4.31. The first-order chi connectivity index (χ1) is 5.02. The molecule has 68 valence electrons. The fraction of sp³-hybridized carbons (Fsp3) is 0.143. The predicted octanol–water partition coefficient (Wildman–Crippen LogP) is 0.0578. The average Bonchev–Trinajstić information content (AvgIpc) is 1.86. The van der Waals surface area contributed by atoms with Gasteiger partial charge in [0, 0.05) is 0 Å². The molecular formula is C7H11BiO3S. The molecule has 0 spiro atoms. The van der Waals surface area contributed by atoms with Gasteiger partial charge in [0.05, 0.1) is 4.90 Å². The van der Waals surface area contributed by atoms with Crippen molar-refractivity contribution < 1.29 is 13.0 Å². The Morgan fingerprint density at radius 2 is 1.75 bits per heavy atom. The summed E-state index contributed by atoms with van der Waals surface area (Å²) in [5, 5.41) is 0. The zero-order valence-electron chi connectivity index (χ0n) is 6.69. The summed E-state index contributed by atoms with van der Waals surface area (Å²) >= 11 is 0. The van der Waals surface area contributed by atoms with Crippen LogP contribution in [0.15, 0.2) is 29.2 Å². The molecule has 0 radical (unpaired) electrons. The van der Waals surface area contributed by atoms with Gasteiger partial charge in [0.1, 0.15) is 0 Å². The van der Waals surface area contributed by atoms with E-state index >= 15 is 0 Å². The van der Waals surface area contributed by atoms with Crippen molar-refractivity contribution in [3.05, 3.63) is 29.8 Å². The first-order valence-electron chi connectivity index (χ1n) is 3.05. The van der Waals surface area contributed by atoms with E-state index in [-0.39, 0.29) is 31.1 Å². The molecule has 0 aromatic heterocycles. The third kappa shape index (κ3) is 2.81. The van der Waals surface area contributed by atoms with Gasteiger partial charge in [-0.2, -0.15) is 8.42 Å². The van der Waals surface area contributed by atoms with E-state index in [2.05, 4.69) is 0 Å². The van der Waals surface area contributed by atoms with Crippen molar-refractivity contribution in [1.82, 2.24) is 0 Å². The molecule has 3 nitrogen and oxygen atoms in total. The van der Waals surface area contributed by atoms with Crippen molar-refractivity contribution in [2.45, 2.75) is 11.8 Å². The maximum absolute atomic E-state index is 10.6. The Bertz CT molecular complexity index is 359. The molecule has 1 aromatic rings. The fourth-order valence-electron chi connectivity index (χ4n) is 0.846. The van der Waals surface area contributed by atoms with E-state index in [4.69, 9.17) is 4.55 Å². The molecule has 1 rings (SSSR count). The standard InChI is InChI=1S/C7H8O3S.Bi.3H/c1-6-4-2-3-5-7(6)11(8,9)10;;;;/h2-5H,1H3,(H,8,9,10);;;;. The van der Waals surface area contributed by atoms with E-state index in [1.807, 2.05) is 0 Å². The summed E-state index contributed by atoms with van der Waals surface area (Å²) in [6, 6.07) is 6.27. The molecule has 0 aliphatic rings. The molecule has 0 amide bonds. The van der Waals surface area contributed by atoms with Crippen molar-refractivity contribution in [3.63, 3.8) is 0 Å². The Morgan fingerprint density at radius 3 is 2.08 bits per heavy atom. The molecule has 0 aliphatic carbocycles. The van der Waals surface area contributed by atoms with Gasteiger partial charge in [0.2, 0.25) is 0 Å². The predicted molar refractivity (Wildman–Crippen MR) is 50.9 cm³/mol. The minimum absolute atomic E-state index is 0. The molecule has 0 unspecified atom stereocenters. The summed E-state index contributed by atoms with van der Waals surface area (Å²) in [5.74, 6) is 0. The molecule has 5 heteroatoms. The number of aryl methyl sites for hydroxylation is 1. The van der Waals surface area contributed by atoms with E-state index in [9.17, 15) is 8.42 Å². The zero-order valence-corrected chi connectivity index (χ0v) is 13.0. The average molecular weight is 384 g/mol. The third-order valence-electron chi connectivity index (χ3n) is 1.37. The molecule has 0 saturated heterocycles.